The van der Waals surface area contributed by atoms with Crippen LogP contribution in [0, 0.1) is 0 Å². The van der Waals surface area contributed by atoms with Gasteiger partial charge in [0.1, 0.15) is 0 Å². The highest BCUT2D eigenvalue weighted by atomic mass is 16.5. The van der Waals surface area contributed by atoms with Crippen LogP contribution in [-0.2, 0) is 9.53 Å². The standard InChI is InChI=1S/C11H14O2/c1-3-5-6-7-8-9-10-11(12)13-4-2/h3,5-10H,1,4H2,2H3/b6-5+,8-7+,10-9+. The summed E-state index contributed by atoms with van der Waals surface area (Å²) < 4.78 is 4.68. The molecule has 0 aliphatic carbocycles. The fraction of sp³-hybridized carbons (Fsp3) is 0.182. The van der Waals surface area contributed by atoms with E-state index in [0.29, 0.717) is 6.61 Å². The van der Waals surface area contributed by atoms with Crippen LogP contribution in [0.3, 0.4) is 0 Å². The fourth-order valence-corrected chi connectivity index (χ4v) is 0.596. The van der Waals surface area contributed by atoms with Crippen LogP contribution >= 0.6 is 0 Å². The quantitative estimate of drug-likeness (QED) is 0.367. The molecule has 2 heteroatoms. The molecule has 13 heavy (non-hydrogen) atoms. The van der Waals surface area contributed by atoms with Crippen LogP contribution in [0.15, 0.2) is 49.1 Å². The van der Waals surface area contributed by atoms with Crippen LogP contribution in [0.2, 0.25) is 0 Å². The molecule has 0 spiro atoms. The molecule has 0 saturated heterocycles. The number of carbonyl (C=O) groups excluding carboxylic acids is 1. The van der Waals surface area contributed by atoms with E-state index in [-0.39, 0.29) is 5.97 Å². The topological polar surface area (TPSA) is 26.3 Å². The van der Waals surface area contributed by atoms with Crippen LogP contribution in [0.25, 0.3) is 0 Å². The fourth-order valence-electron chi connectivity index (χ4n) is 0.596. The van der Waals surface area contributed by atoms with E-state index in [1.165, 1.54) is 6.08 Å². The third-order valence-electron chi connectivity index (χ3n) is 1.10. The third-order valence-corrected chi connectivity index (χ3v) is 1.10. The molecular formula is C11H14O2. The number of esters is 1. The van der Waals surface area contributed by atoms with Gasteiger partial charge in [0, 0.05) is 6.08 Å². The van der Waals surface area contributed by atoms with Crippen molar-refractivity contribution in [1.29, 1.82) is 0 Å². The summed E-state index contributed by atoms with van der Waals surface area (Å²) in [5, 5.41) is 0. The minimum absolute atomic E-state index is 0.320. The van der Waals surface area contributed by atoms with Crippen molar-refractivity contribution in [2.24, 2.45) is 0 Å². The molecule has 0 amide bonds. The molecule has 0 atom stereocenters. The molecule has 0 heterocycles. The molecule has 70 valence electrons. The zero-order valence-electron chi connectivity index (χ0n) is 7.77. The molecule has 0 rings (SSSR count). The maximum absolute atomic E-state index is 10.8. The molecule has 0 N–H and O–H groups in total. The van der Waals surface area contributed by atoms with Gasteiger partial charge in [-0.25, -0.2) is 4.79 Å². The molecule has 0 aliphatic heterocycles. The lowest BCUT2D eigenvalue weighted by Crippen LogP contribution is -1.98. The molecule has 0 fully saturated rings. The van der Waals surface area contributed by atoms with Gasteiger partial charge in [0.05, 0.1) is 6.61 Å². The number of hydrogen-bond acceptors (Lipinski definition) is 2. The summed E-state index contributed by atoms with van der Waals surface area (Å²) in [7, 11) is 0. The average molecular weight is 178 g/mol. The normalized spacial score (nSPS) is 11.5. The third kappa shape index (κ3) is 8.34. The molecule has 0 unspecified atom stereocenters. The second-order valence-electron chi connectivity index (χ2n) is 2.12. The second-order valence-corrected chi connectivity index (χ2v) is 2.12. The zero-order valence-corrected chi connectivity index (χ0v) is 7.77. The number of hydrogen-bond donors (Lipinski definition) is 0. The van der Waals surface area contributed by atoms with Gasteiger partial charge in [0.15, 0.2) is 0 Å². The zero-order chi connectivity index (χ0) is 9.94. The summed E-state index contributed by atoms with van der Waals surface area (Å²) in [6, 6.07) is 0. The highest BCUT2D eigenvalue weighted by Crippen LogP contribution is 1.84. The van der Waals surface area contributed by atoms with Crippen molar-refractivity contribution in [3.05, 3.63) is 49.1 Å². The Morgan fingerprint density at radius 1 is 1.23 bits per heavy atom. The van der Waals surface area contributed by atoms with Gasteiger partial charge in [-0.3, -0.25) is 0 Å². The summed E-state index contributed by atoms with van der Waals surface area (Å²) in [5.41, 5.74) is 0. The Balaban J connectivity index is 3.73. The smallest absolute Gasteiger partial charge is 0.330 e. The number of carbonyl (C=O) groups is 1. The van der Waals surface area contributed by atoms with Gasteiger partial charge in [-0.2, -0.15) is 0 Å². The SMILES string of the molecule is C=C/C=C/C=C/C=C/C(=O)OCC. The van der Waals surface area contributed by atoms with E-state index in [2.05, 4.69) is 11.3 Å². The van der Waals surface area contributed by atoms with Gasteiger partial charge in [-0.1, -0.05) is 43.0 Å². The predicted molar refractivity (Wildman–Crippen MR) is 54.3 cm³/mol. The van der Waals surface area contributed by atoms with Gasteiger partial charge < -0.3 is 4.74 Å². The lowest BCUT2D eigenvalue weighted by molar-refractivity contribution is -0.137. The second kappa shape index (κ2) is 8.53. The van der Waals surface area contributed by atoms with Crippen LogP contribution in [0.4, 0.5) is 0 Å². The van der Waals surface area contributed by atoms with Crippen molar-refractivity contribution in [2.75, 3.05) is 6.61 Å². The lowest BCUT2D eigenvalue weighted by atomic mass is 10.4. The molecule has 0 bridgehead atoms. The van der Waals surface area contributed by atoms with Crippen LogP contribution in [-0.4, -0.2) is 12.6 Å². The Hall–Kier alpha value is -1.57. The summed E-state index contributed by atoms with van der Waals surface area (Å²) in [6.07, 6.45) is 11.9. The largest absolute Gasteiger partial charge is 0.463 e. The first-order valence-corrected chi connectivity index (χ1v) is 4.10. The van der Waals surface area contributed by atoms with E-state index in [0.717, 1.165) is 0 Å². The van der Waals surface area contributed by atoms with Crippen molar-refractivity contribution in [2.45, 2.75) is 6.92 Å². The molecule has 0 aromatic heterocycles. The summed E-state index contributed by atoms with van der Waals surface area (Å²) in [4.78, 5) is 10.8. The Kier molecular flexibility index (Phi) is 7.50. The average Bonchev–Trinajstić information content (AvgIpc) is 2.11. The minimum atomic E-state index is -0.320. The van der Waals surface area contributed by atoms with Crippen LogP contribution in [0.1, 0.15) is 6.92 Å². The van der Waals surface area contributed by atoms with E-state index in [4.69, 9.17) is 0 Å². The van der Waals surface area contributed by atoms with Crippen molar-refractivity contribution >= 4 is 5.97 Å². The van der Waals surface area contributed by atoms with E-state index in [1.807, 2.05) is 6.08 Å². The summed E-state index contributed by atoms with van der Waals surface area (Å²) in [6.45, 7) is 5.70. The lowest BCUT2D eigenvalue weighted by Gasteiger charge is -1.92. The Bertz CT molecular complexity index is 234. The monoisotopic (exact) mass is 178 g/mol. The van der Waals surface area contributed by atoms with Crippen molar-refractivity contribution < 1.29 is 9.53 Å². The van der Waals surface area contributed by atoms with Crippen molar-refractivity contribution in [3.63, 3.8) is 0 Å². The van der Waals surface area contributed by atoms with Crippen LogP contribution < -0.4 is 0 Å². The van der Waals surface area contributed by atoms with Gasteiger partial charge in [0.25, 0.3) is 0 Å². The van der Waals surface area contributed by atoms with E-state index >= 15 is 0 Å². The van der Waals surface area contributed by atoms with E-state index < -0.39 is 0 Å². The Labute approximate surface area is 78.9 Å². The highest BCUT2D eigenvalue weighted by molar-refractivity contribution is 5.82. The van der Waals surface area contributed by atoms with Gasteiger partial charge in [-0.05, 0) is 6.92 Å². The molecule has 2 nitrogen and oxygen atoms in total. The summed E-state index contributed by atoms with van der Waals surface area (Å²) in [5.74, 6) is -0.320. The maximum Gasteiger partial charge on any atom is 0.330 e. The number of ether oxygens (including phenoxy) is 1. The first-order chi connectivity index (χ1) is 6.31. The molecule has 0 aromatic rings. The number of rotatable bonds is 5. The van der Waals surface area contributed by atoms with Crippen molar-refractivity contribution in [3.8, 4) is 0 Å². The molecule has 0 radical (unpaired) electrons. The first-order valence-electron chi connectivity index (χ1n) is 4.10. The maximum atomic E-state index is 10.8. The van der Waals surface area contributed by atoms with Gasteiger partial charge in [-0.15, -0.1) is 0 Å². The molecule has 0 saturated carbocycles. The van der Waals surface area contributed by atoms with Gasteiger partial charge >= 0.3 is 5.97 Å². The van der Waals surface area contributed by atoms with Crippen LogP contribution in [0.5, 0.6) is 0 Å². The highest BCUT2D eigenvalue weighted by Gasteiger charge is 1.89. The Morgan fingerprint density at radius 2 is 1.85 bits per heavy atom. The molecular weight excluding hydrogens is 164 g/mol. The van der Waals surface area contributed by atoms with Gasteiger partial charge in [0.2, 0.25) is 0 Å². The summed E-state index contributed by atoms with van der Waals surface area (Å²) >= 11 is 0. The Morgan fingerprint density at radius 3 is 2.46 bits per heavy atom. The molecule has 0 aromatic carbocycles. The van der Waals surface area contributed by atoms with Crippen molar-refractivity contribution in [1.82, 2.24) is 0 Å². The van der Waals surface area contributed by atoms with E-state index in [1.54, 1.807) is 37.3 Å². The minimum Gasteiger partial charge on any atom is -0.463 e. The molecule has 0 aliphatic rings. The first kappa shape index (κ1) is 11.4. The van der Waals surface area contributed by atoms with E-state index in [9.17, 15) is 4.79 Å². The number of allylic oxidation sites excluding steroid dienone is 6. The predicted octanol–water partition coefficient (Wildman–Crippen LogP) is 2.40.